The first-order valence-electron chi connectivity index (χ1n) is 9.15. The van der Waals surface area contributed by atoms with E-state index in [1.807, 2.05) is 68.3 Å². The molecule has 1 aliphatic heterocycles. The summed E-state index contributed by atoms with van der Waals surface area (Å²) in [5, 5.41) is 0. The summed E-state index contributed by atoms with van der Waals surface area (Å²) in [4.78, 5) is 38.4. The van der Waals surface area contributed by atoms with Gasteiger partial charge in [0.2, 0.25) is 11.9 Å². The molecule has 0 saturated carbocycles. The van der Waals surface area contributed by atoms with E-state index in [1.54, 1.807) is 4.90 Å². The fourth-order valence-corrected chi connectivity index (χ4v) is 3.37. The molecular formula is C20H27N5O2. The van der Waals surface area contributed by atoms with E-state index in [2.05, 4.69) is 9.97 Å². The Morgan fingerprint density at radius 1 is 1.22 bits per heavy atom. The van der Waals surface area contributed by atoms with Crippen LogP contribution in [-0.4, -0.2) is 66.5 Å². The van der Waals surface area contributed by atoms with Gasteiger partial charge in [-0.25, -0.2) is 4.98 Å². The molecule has 3 rings (SSSR count). The quantitative estimate of drug-likeness (QED) is 0.848. The van der Waals surface area contributed by atoms with E-state index in [0.29, 0.717) is 43.1 Å². The summed E-state index contributed by atoms with van der Waals surface area (Å²) in [5.74, 6) is 0.587. The van der Waals surface area contributed by atoms with Crippen LogP contribution in [0.5, 0.6) is 0 Å². The number of nitrogens with one attached hydrogen (secondary N) is 1. The summed E-state index contributed by atoms with van der Waals surface area (Å²) in [5.41, 5.74) is 2.41. The van der Waals surface area contributed by atoms with E-state index in [-0.39, 0.29) is 17.5 Å². The lowest BCUT2D eigenvalue weighted by Crippen LogP contribution is -2.49. The SMILES string of the molecule is CN(C)c1nc2c(c(=O)[nH]1)CCN(C(=O)[C@H](Cc1ccccc1)N(C)C)C2. The number of hydrogen-bond acceptors (Lipinski definition) is 5. The van der Waals surface area contributed by atoms with Gasteiger partial charge in [0.25, 0.3) is 5.56 Å². The van der Waals surface area contributed by atoms with Crippen molar-refractivity contribution < 1.29 is 4.79 Å². The first-order chi connectivity index (χ1) is 12.9. The number of anilines is 1. The van der Waals surface area contributed by atoms with Gasteiger partial charge in [-0.15, -0.1) is 0 Å². The van der Waals surface area contributed by atoms with Crippen LogP contribution >= 0.6 is 0 Å². The zero-order chi connectivity index (χ0) is 19.6. The Labute approximate surface area is 159 Å². The molecular weight excluding hydrogens is 342 g/mol. The van der Waals surface area contributed by atoms with E-state index in [0.717, 1.165) is 5.56 Å². The van der Waals surface area contributed by atoms with Crippen LogP contribution in [0.15, 0.2) is 35.1 Å². The van der Waals surface area contributed by atoms with Crippen molar-refractivity contribution in [3.63, 3.8) is 0 Å². The molecule has 0 unspecified atom stereocenters. The molecule has 0 bridgehead atoms. The van der Waals surface area contributed by atoms with Crippen LogP contribution < -0.4 is 10.5 Å². The number of benzene rings is 1. The molecule has 7 heteroatoms. The highest BCUT2D eigenvalue weighted by Gasteiger charge is 2.30. The van der Waals surface area contributed by atoms with E-state index in [1.165, 1.54) is 0 Å². The Morgan fingerprint density at radius 3 is 2.56 bits per heavy atom. The highest BCUT2D eigenvalue weighted by Crippen LogP contribution is 2.18. The average Bonchev–Trinajstić information content (AvgIpc) is 2.65. The van der Waals surface area contributed by atoms with Crippen LogP contribution in [-0.2, 0) is 24.2 Å². The highest BCUT2D eigenvalue weighted by atomic mass is 16.2. The molecule has 1 aromatic carbocycles. The third kappa shape index (κ3) is 4.19. The van der Waals surface area contributed by atoms with Gasteiger partial charge in [0, 0.05) is 26.2 Å². The molecule has 2 aromatic rings. The van der Waals surface area contributed by atoms with Crippen LogP contribution in [0, 0.1) is 0 Å². The van der Waals surface area contributed by atoms with Gasteiger partial charge in [-0.3, -0.25) is 19.5 Å². The number of hydrogen-bond donors (Lipinski definition) is 1. The molecule has 0 spiro atoms. The number of aromatic amines is 1. The molecule has 7 nitrogen and oxygen atoms in total. The maximum absolute atomic E-state index is 13.2. The molecule has 1 N–H and O–H groups in total. The summed E-state index contributed by atoms with van der Waals surface area (Å²) in [6.45, 7) is 0.912. The lowest BCUT2D eigenvalue weighted by atomic mass is 10.0. The number of carbonyl (C=O) groups is 1. The van der Waals surface area contributed by atoms with Gasteiger partial charge in [0.1, 0.15) is 0 Å². The summed E-state index contributed by atoms with van der Waals surface area (Å²) in [7, 11) is 7.52. The van der Waals surface area contributed by atoms with Crippen LogP contribution in [0.3, 0.4) is 0 Å². The third-order valence-electron chi connectivity index (χ3n) is 4.98. The lowest BCUT2D eigenvalue weighted by molar-refractivity contribution is -0.137. The first-order valence-corrected chi connectivity index (χ1v) is 9.15. The third-order valence-corrected chi connectivity index (χ3v) is 4.98. The maximum atomic E-state index is 13.2. The molecule has 1 amide bonds. The Kier molecular flexibility index (Phi) is 5.60. The second kappa shape index (κ2) is 7.92. The van der Waals surface area contributed by atoms with Crippen molar-refractivity contribution in [2.75, 3.05) is 39.6 Å². The maximum Gasteiger partial charge on any atom is 0.255 e. The minimum atomic E-state index is -0.246. The normalized spacial score (nSPS) is 14.8. The smallest absolute Gasteiger partial charge is 0.255 e. The summed E-state index contributed by atoms with van der Waals surface area (Å²) >= 11 is 0. The Bertz CT molecular complexity index is 860. The molecule has 0 fully saturated rings. The number of H-pyrrole nitrogens is 1. The minimum Gasteiger partial charge on any atom is -0.348 e. The zero-order valence-electron chi connectivity index (χ0n) is 16.4. The predicted molar refractivity (Wildman–Crippen MR) is 106 cm³/mol. The lowest BCUT2D eigenvalue weighted by Gasteiger charge is -2.33. The van der Waals surface area contributed by atoms with Crippen LogP contribution in [0.4, 0.5) is 5.95 Å². The van der Waals surface area contributed by atoms with Crippen LogP contribution in [0.1, 0.15) is 16.8 Å². The molecule has 1 atom stereocenters. The Hall–Kier alpha value is -2.67. The highest BCUT2D eigenvalue weighted by molar-refractivity contribution is 5.82. The summed E-state index contributed by atoms with van der Waals surface area (Å²) in [6.07, 6.45) is 1.18. The first kappa shape index (κ1) is 19.1. The topological polar surface area (TPSA) is 72.5 Å². The molecule has 0 saturated heterocycles. The van der Waals surface area contributed by atoms with Gasteiger partial charge in [-0.05, 0) is 32.5 Å². The fraction of sp³-hybridized carbons (Fsp3) is 0.450. The van der Waals surface area contributed by atoms with E-state index in [4.69, 9.17) is 0 Å². The molecule has 1 aliphatic rings. The van der Waals surface area contributed by atoms with E-state index < -0.39 is 0 Å². The van der Waals surface area contributed by atoms with Crippen molar-refractivity contribution in [3.05, 3.63) is 57.5 Å². The van der Waals surface area contributed by atoms with Gasteiger partial charge in [0.05, 0.1) is 18.3 Å². The minimum absolute atomic E-state index is 0.0722. The summed E-state index contributed by atoms with van der Waals surface area (Å²) < 4.78 is 0. The van der Waals surface area contributed by atoms with Gasteiger partial charge in [-0.1, -0.05) is 30.3 Å². The molecule has 1 aromatic heterocycles. The molecule has 2 heterocycles. The largest absolute Gasteiger partial charge is 0.348 e. The van der Waals surface area contributed by atoms with Gasteiger partial charge in [-0.2, -0.15) is 0 Å². The fourth-order valence-electron chi connectivity index (χ4n) is 3.37. The number of amides is 1. The number of rotatable bonds is 5. The van der Waals surface area contributed by atoms with Gasteiger partial charge >= 0.3 is 0 Å². The van der Waals surface area contributed by atoms with Crippen molar-refractivity contribution in [1.82, 2.24) is 19.8 Å². The summed E-state index contributed by atoms with van der Waals surface area (Å²) in [6, 6.07) is 9.79. The molecule has 144 valence electrons. The Balaban J connectivity index is 1.82. The average molecular weight is 369 g/mol. The number of nitrogens with zero attached hydrogens (tertiary/aromatic N) is 4. The Morgan fingerprint density at radius 2 is 1.93 bits per heavy atom. The predicted octanol–water partition coefficient (Wildman–Crippen LogP) is 0.893. The number of fused-ring (bicyclic) bond motifs is 1. The monoisotopic (exact) mass is 369 g/mol. The van der Waals surface area contributed by atoms with Crippen molar-refractivity contribution in [3.8, 4) is 0 Å². The standard InChI is InChI=1S/C20H27N5O2/c1-23(2)17(12-14-8-6-5-7-9-14)19(27)25-11-10-15-16(13-25)21-20(24(3)4)22-18(15)26/h5-9,17H,10-13H2,1-4H3,(H,21,22,26)/t17-/m0/s1. The molecule has 0 radical (unpaired) electrons. The van der Waals surface area contributed by atoms with Gasteiger partial charge < -0.3 is 9.80 Å². The van der Waals surface area contributed by atoms with Crippen molar-refractivity contribution >= 4 is 11.9 Å². The van der Waals surface area contributed by atoms with Crippen LogP contribution in [0.25, 0.3) is 0 Å². The molecule has 27 heavy (non-hydrogen) atoms. The van der Waals surface area contributed by atoms with E-state index >= 15 is 0 Å². The van der Waals surface area contributed by atoms with Gasteiger partial charge in [0.15, 0.2) is 0 Å². The van der Waals surface area contributed by atoms with Crippen LogP contribution in [0.2, 0.25) is 0 Å². The van der Waals surface area contributed by atoms with Crippen molar-refractivity contribution in [2.45, 2.75) is 25.4 Å². The number of likely N-dealkylation sites (N-methyl/N-ethyl adjacent to an activating group) is 1. The number of aromatic nitrogens is 2. The molecule has 0 aliphatic carbocycles. The second-order valence-corrected chi connectivity index (χ2v) is 7.39. The second-order valence-electron chi connectivity index (χ2n) is 7.39. The van der Waals surface area contributed by atoms with Crippen molar-refractivity contribution in [2.24, 2.45) is 0 Å². The zero-order valence-corrected chi connectivity index (χ0v) is 16.4. The van der Waals surface area contributed by atoms with Crippen molar-refractivity contribution in [1.29, 1.82) is 0 Å². The van der Waals surface area contributed by atoms with E-state index in [9.17, 15) is 9.59 Å². The number of carbonyl (C=O) groups excluding carboxylic acids is 1.